The van der Waals surface area contributed by atoms with Crippen molar-refractivity contribution in [2.75, 3.05) is 32.7 Å². The largest absolute Gasteiger partial charge is 0.340 e. The van der Waals surface area contributed by atoms with E-state index in [0.29, 0.717) is 5.92 Å². The van der Waals surface area contributed by atoms with E-state index in [9.17, 15) is 4.79 Å². The molecule has 22 heavy (non-hydrogen) atoms. The third-order valence-corrected chi connectivity index (χ3v) is 4.80. The number of hydrogen-bond acceptors (Lipinski definition) is 3. The maximum atomic E-state index is 12.8. The van der Waals surface area contributed by atoms with Crippen LogP contribution in [0.25, 0.3) is 0 Å². The smallest absolute Gasteiger partial charge is 0.246 e. The summed E-state index contributed by atoms with van der Waals surface area (Å²) in [5.74, 6) is 0.608. The van der Waals surface area contributed by atoms with Crippen LogP contribution in [0.5, 0.6) is 0 Å². The molecule has 1 amide bonds. The second kappa shape index (κ2) is 7.25. The van der Waals surface area contributed by atoms with E-state index in [-0.39, 0.29) is 5.91 Å². The zero-order chi connectivity index (χ0) is 16.2. The van der Waals surface area contributed by atoms with Gasteiger partial charge in [-0.1, -0.05) is 44.2 Å². The second-order valence-corrected chi connectivity index (χ2v) is 6.46. The molecule has 0 spiro atoms. The topological polar surface area (TPSA) is 49.6 Å². The van der Waals surface area contributed by atoms with Crippen LogP contribution in [0.4, 0.5) is 0 Å². The molecule has 1 aliphatic heterocycles. The molecule has 1 saturated heterocycles. The lowest BCUT2D eigenvalue weighted by atomic mass is 9.92. The molecule has 1 aromatic rings. The van der Waals surface area contributed by atoms with Crippen LogP contribution in [0.1, 0.15) is 32.8 Å². The lowest BCUT2D eigenvalue weighted by Crippen LogP contribution is -2.50. The first-order valence-corrected chi connectivity index (χ1v) is 8.35. The van der Waals surface area contributed by atoms with Crippen LogP contribution in [-0.2, 0) is 10.3 Å². The summed E-state index contributed by atoms with van der Waals surface area (Å²) < 4.78 is 0. The van der Waals surface area contributed by atoms with Gasteiger partial charge in [-0.3, -0.25) is 4.79 Å². The fraction of sp³-hybridized carbons (Fsp3) is 0.611. The number of nitrogens with zero attached hydrogens (tertiary/aromatic N) is 2. The highest BCUT2D eigenvalue weighted by atomic mass is 16.2. The van der Waals surface area contributed by atoms with E-state index in [1.807, 2.05) is 42.2 Å². The fourth-order valence-electron chi connectivity index (χ4n) is 3.25. The Bertz CT molecular complexity index is 482. The highest BCUT2D eigenvalue weighted by molar-refractivity contribution is 5.87. The summed E-state index contributed by atoms with van der Waals surface area (Å²) in [6, 6.07) is 9.67. The third-order valence-electron chi connectivity index (χ3n) is 4.80. The van der Waals surface area contributed by atoms with Gasteiger partial charge in [-0.15, -0.1) is 0 Å². The van der Waals surface area contributed by atoms with Gasteiger partial charge in [0.15, 0.2) is 0 Å². The van der Waals surface area contributed by atoms with Gasteiger partial charge in [-0.05, 0) is 37.9 Å². The summed E-state index contributed by atoms with van der Waals surface area (Å²) in [5, 5.41) is 0. The molecule has 2 N–H and O–H groups in total. The molecule has 4 nitrogen and oxygen atoms in total. The third kappa shape index (κ3) is 3.68. The van der Waals surface area contributed by atoms with Crippen LogP contribution in [0.2, 0.25) is 0 Å². The molecular formula is C18H29N3O. The molecule has 0 aromatic heterocycles. The van der Waals surface area contributed by atoms with Gasteiger partial charge in [0, 0.05) is 19.6 Å². The number of likely N-dealkylation sites (tertiary alicyclic amines) is 1. The maximum Gasteiger partial charge on any atom is 0.246 e. The minimum absolute atomic E-state index is 0.0424. The number of carbonyl (C=O) groups excluding carboxylic acids is 1. The van der Waals surface area contributed by atoms with Crippen LogP contribution in [-0.4, -0.2) is 48.4 Å². The molecule has 0 saturated carbocycles. The zero-order valence-electron chi connectivity index (χ0n) is 14.1. The van der Waals surface area contributed by atoms with E-state index in [0.717, 1.165) is 44.7 Å². The maximum absolute atomic E-state index is 12.8. The molecule has 0 aliphatic carbocycles. The Kier molecular flexibility index (Phi) is 5.59. The van der Waals surface area contributed by atoms with Crippen molar-refractivity contribution in [3.63, 3.8) is 0 Å². The van der Waals surface area contributed by atoms with Gasteiger partial charge < -0.3 is 15.5 Å². The highest BCUT2D eigenvalue weighted by Crippen LogP contribution is 2.25. The first-order valence-electron chi connectivity index (χ1n) is 8.35. The Balaban J connectivity index is 1.99. The predicted octanol–water partition coefficient (Wildman–Crippen LogP) is 2.05. The number of hydrogen-bond donors (Lipinski definition) is 1. The standard InChI is InChI=1S/C18H29N3O/c1-4-20(5-2)13-15-11-12-21(14-15)17(22)18(3,19)16-9-7-6-8-10-16/h6-10,15H,4-5,11-14,19H2,1-3H3. The Morgan fingerprint density at radius 1 is 1.32 bits per heavy atom. The van der Waals surface area contributed by atoms with E-state index in [1.54, 1.807) is 0 Å². The van der Waals surface area contributed by atoms with Gasteiger partial charge in [-0.25, -0.2) is 0 Å². The van der Waals surface area contributed by atoms with Gasteiger partial charge in [-0.2, -0.15) is 0 Å². The number of benzene rings is 1. The lowest BCUT2D eigenvalue weighted by Gasteiger charge is -2.30. The summed E-state index contributed by atoms with van der Waals surface area (Å²) in [6.45, 7) is 11.1. The molecule has 1 aliphatic rings. The summed E-state index contributed by atoms with van der Waals surface area (Å²) >= 11 is 0. The summed E-state index contributed by atoms with van der Waals surface area (Å²) in [4.78, 5) is 17.2. The van der Waals surface area contributed by atoms with Gasteiger partial charge in [0.2, 0.25) is 5.91 Å². The van der Waals surface area contributed by atoms with Crippen molar-refractivity contribution in [2.45, 2.75) is 32.7 Å². The molecule has 1 heterocycles. The quantitative estimate of drug-likeness (QED) is 0.875. The Morgan fingerprint density at radius 3 is 2.55 bits per heavy atom. The monoisotopic (exact) mass is 303 g/mol. The molecule has 2 unspecified atom stereocenters. The molecule has 2 rings (SSSR count). The Hall–Kier alpha value is -1.39. The van der Waals surface area contributed by atoms with Crippen molar-refractivity contribution >= 4 is 5.91 Å². The van der Waals surface area contributed by atoms with E-state index < -0.39 is 5.54 Å². The van der Waals surface area contributed by atoms with Crippen molar-refractivity contribution in [1.82, 2.24) is 9.80 Å². The highest BCUT2D eigenvalue weighted by Gasteiger charge is 2.37. The lowest BCUT2D eigenvalue weighted by molar-refractivity contribution is -0.135. The van der Waals surface area contributed by atoms with Crippen LogP contribution in [0, 0.1) is 5.92 Å². The predicted molar refractivity (Wildman–Crippen MR) is 90.5 cm³/mol. The normalized spacial score (nSPS) is 21.1. The van der Waals surface area contributed by atoms with Gasteiger partial charge in [0.1, 0.15) is 5.54 Å². The minimum Gasteiger partial charge on any atom is -0.340 e. The van der Waals surface area contributed by atoms with E-state index in [4.69, 9.17) is 5.73 Å². The number of rotatable bonds is 6. The number of amides is 1. The molecule has 122 valence electrons. The SMILES string of the molecule is CCN(CC)CC1CCN(C(=O)C(C)(N)c2ccccc2)C1. The Morgan fingerprint density at radius 2 is 1.95 bits per heavy atom. The van der Waals surface area contributed by atoms with E-state index in [2.05, 4.69) is 18.7 Å². The molecule has 1 fully saturated rings. The van der Waals surface area contributed by atoms with Crippen molar-refractivity contribution < 1.29 is 4.79 Å². The number of carbonyl (C=O) groups is 1. The zero-order valence-corrected chi connectivity index (χ0v) is 14.1. The van der Waals surface area contributed by atoms with E-state index in [1.165, 1.54) is 0 Å². The molecular weight excluding hydrogens is 274 g/mol. The van der Waals surface area contributed by atoms with Crippen molar-refractivity contribution in [3.05, 3.63) is 35.9 Å². The minimum atomic E-state index is -0.939. The van der Waals surface area contributed by atoms with Gasteiger partial charge in [0.25, 0.3) is 0 Å². The van der Waals surface area contributed by atoms with Crippen molar-refractivity contribution in [2.24, 2.45) is 11.7 Å². The molecule has 1 aromatic carbocycles. The molecule has 0 radical (unpaired) electrons. The Labute approximate surface area is 134 Å². The fourth-order valence-corrected chi connectivity index (χ4v) is 3.25. The van der Waals surface area contributed by atoms with Crippen LogP contribution < -0.4 is 5.73 Å². The first-order chi connectivity index (χ1) is 10.5. The van der Waals surface area contributed by atoms with Crippen LogP contribution >= 0.6 is 0 Å². The summed E-state index contributed by atoms with van der Waals surface area (Å²) in [7, 11) is 0. The van der Waals surface area contributed by atoms with Crippen molar-refractivity contribution in [1.29, 1.82) is 0 Å². The average molecular weight is 303 g/mol. The number of nitrogens with two attached hydrogens (primary N) is 1. The van der Waals surface area contributed by atoms with Crippen molar-refractivity contribution in [3.8, 4) is 0 Å². The second-order valence-electron chi connectivity index (χ2n) is 6.46. The van der Waals surface area contributed by atoms with Gasteiger partial charge in [0.05, 0.1) is 0 Å². The molecule has 2 atom stereocenters. The average Bonchev–Trinajstić information content (AvgIpc) is 3.01. The van der Waals surface area contributed by atoms with Gasteiger partial charge >= 0.3 is 0 Å². The van der Waals surface area contributed by atoms with Crippen LogP contribution in [0.15, 0.2) is 30.3 Å². The van der Waals surface area contributed by atoms with E-state index >= 15 is 0 Å². The van der Waals surface area contributed by atoms with Crippen LogP contribution in [0.3, 0.4) is 0 Å². The summed E-state index contributed by atoms with van der Waals surface area (Å²) in [6.07, 6.45) is 1.08. The molecule has 4 heteroatoms. The molecule has 0 bridgehead atoms. The summed E-state index contributed by atoms with van der Waals surface area (Å²) in [5.41, 5.74) is 6.30. The first kappa shape index (κ1) is 17.0.